The van der Waals surface area contributed by atoms with Crippen molar-refractivity contribution in [2.75, 3.05) is 12.1 Å². The van der Waals surface area contributed by atoms with Gasteiger partial charge in [0.1, 0.15) is 11.4 Å². The average molecular weight is 347 g/mol. The number of nitrogens with two attached hydrogens (primary N) is 1. The van der Waals surface area contributed by atoms with E-state index in [0.29, 0.717) is 17.1 Å². The standard InChI is InChI=1S/C16H17N3O4S/c1-9(10-7-8-12(20)15(22)14(10)21)18-19(16(17)24)11-5-3-4-6-13(11)23-2/h3-8,20-22H,1-2H3,(H2,17,24)/b18-9+. The smallest absolute Gasteiger partial charge is 0.200 e. The third kappa shape index (κ3) is 3.33. The van der Waals surface area contributed by atoms with Crippen LogP contribution in [-0.4, -0.2) is 33.3 Å². The predicted molar refractivity (Wildman–Crippen MR) is 95.9 cm³/mol. The largest absolute Gasteiger partial charge is 0.504 e. The van der Waals surface area contributed by atoms with Crippen LogP contribution in [0.5, 0.6) is 23.0 Å². The second-order valence-corrected chi connectivity index (χ2v) is 5.26. The number of methoxy groups -OCH3 is 1. The highest BCUT2D eigenvalue weighted by molar-refractivity contribution is 7.80. The first-order valence-corrected chi connectivity index (χ1v) is 7.29. The first-order chi connectivity index (χ1) is 11.4. The number of ether oxygens (including phenoxy) is 1. The predicted octanol–water partition coefficient (Wildman–Crippen LogP) is 2.29. The summed E-state index contributed by atoms with van der Waals surface area (Å²) in [5.41, 5.74) is 6.82. The molecule has 0 aliphatic heterocycles. The molecular formula is C16H17N3O4S. The van der Waals surface area contributed by atoms with Gasteiger partial charge in [-0.05, 0) is 43.4 Å². The summed E-state index contributed by atoms with van der Waals surface area (Å²) in [4.78, 5) is 0. The minimum absolute atomic E-state index is 0.0265. The second kappa shape index (κ2) is 7.05. The Bertz CT molecular complexity index is 808. The van der Waals surface area contributed by atoms with Crippen molar-refractivity contribution in [2.45, 2.75) is 6.92 Å². The summed E-state index contributed by atoms with van der Waals surface area (Å²) in [5.74, 6) is -1.03. The van der Waals surface area contributed by atoms with Crippen LogP contribution in [0.25, 0.3) is 0 Å². The van der Waals surface area contributed by atoms with Gasteiger partial charge in [-0.15, -0.1) is 0 Å². The summed E-state index contributed by atoms with van der Waals surface area (Å²) >= 11 is 5.04. The molecule has 0 amide bonds. The van der Waals surface area contributed by atoms with Crippen LogP contribution in [0, 0.1) is 0 Å². The highest BCUT2D eigenvalue weighted by atomic mass is 32.1. The van der Waals surface area contributed by atoms with E-state index < -0.39 is 17.2 Å². The van der Waals surface area contributed by atoms with E-state index >= 15 is 0 Å². The number of para-hydroxylation sites is 2. The molecule has 7 nitrogen and oxygen atoms in total. The molecule has 24 heavy (non-hydrogen) atoms. The fraction of sp³-hybridized carbons (Fsp3) is 0.125. The van der Waals surface area contributed by atoms with Crippen LogP contribution >= 0.6 is 12.2 Å². The summed E-state index contributed by atoms with van der Waals surface area (Å²) in [6.07, 6.45) is 0. The van der Waals surface area contributed by atoms with Gasteiger partial charge in [0.2, 0.25) is 5.75 Å². The van der Waals surface area contributed by atoms with Crippen molar-refractivity contribution in [3.63, 3.8) is 0 Å². The van der Waals surface area contributed by atoms with Crippen molar-refractivity contribution in [1.82, 2.24) is 0 Å². The molecule has 2 aromatic rings. The third-order valence-electron chi connectivity index (χ3n) is 3.29. The SMILES string of the molecule is COc1ccccc1N(/N=C(\C)c1ccc(O)c(O)c1O)C(N)=S. The van der Waals surface area contributed by atoms with Crippen molar-refractivity contribution in [3.8, 4) is 23.0 Å². The van der Waals surface area contributed by atoms with E-state index in [0.717, 1.165) is 0 Å². The van der Waals surface area contributed by atoms with E-state index in [2.05, 4.69) is 5.10 Å². The molecule has 0 saturated heterocycles. The molecule has 126 valence electrons. The Morgan fingerprint density at radius 1 is 1.12 bits per heavy atom. The van der Waals surface area contributed by atoms with Gasteiger partial charge in [0, 0.05) is 5.56 Å². The van der Waals surface area contributed by atoms with Crippen molar-refractivity contribution < 1.29 is 20.1 Å². The number of hydrogen-bond donors (Lipinski definition) is 4. The number of hydrogen-bond acceptors (Lipinski definition) is 6. The molecule has 5 N–H and O–H groups in total. The van der Waals surface area contributed by atoms with Gasteiger partial charge in [0.25, 0.3) is 0 Å². The van der Waals surface area contributed by atoms with Crippen molar-refractivity contribution in [3.05, 3.63) is 42.0 Å². The van der Waals surface area contributed by atoms with Gasteiger partial charge in [0.15, 0.2) is 16.6 Å². The quantitative estimate of drug-likeness (QED) is 0.290. The Balaban J connectivity index is 2.52. The number of aromatic hydroxyl groups is 3. The van der Waals surface area contributed by atoms with E-state index in [1.807, 2.05) is 0 Å². The van der Waals surface area contributed by atoms with Crippen LogP contribution in [0.3, 0.4) is 0 Å². The van der Waals surface area contributed by atoms with Gasteiger partial charge >= 0.3 is 0 Å². The Labute approximate surface area is 144 Å². The fourth-order valence-electron chi connectivity index (χ4n) is 2.09. The minimum Gasteiger partial charge on any atom is -0.504 e. The van der Waals surface area contributed by atoms with Gasteiger partial charge in [-0.25, -0.2) is 5.01 Å². The Hall–Kier alpha value is -3.00. The van der Waals surface area contributed by atoms with Crippen molar-refractivity contribution in [2.24, 2.45) is 10.8 Å². The van der Waals surface area contributed by atoms with Crippen LogP contribution in [0.15, 0.2) is 41.5 Å². The number of hydrazone groups is 1. The molecule has 0 aromatic heterocycles. The summed E-state index contributed by atoms with van der Waals surface area (Å²) in [6.45, 7) is 1.60. The summed E-state index contributed by atoms with van der Waals surface area (Å²) in [6, 6.07) is 9.69. The molecule has 0 unspecified atom stereocenters. The Morgan fingerprint density at radius 3 is 2.42 bits per heavy atom. The molecule has 0 atom stereocenters. The lowest BCUT2D eigenvalue weighted by Crippen LogP contribution is -2.32. The second-order valence-electron chi connectivity index (χ2n) is 4.84. The zero-order valence-corrected chi connectivity index (χ0v) is 13.9. The molecule has 2 aromatic carbocycles. The molecule has 0 radical (unpaired) electrons. The Kier molecular flexibility index (Phi) is 5.10. The maximum absolute atomic E-state index is 9.97. The van der Waals surface area contributed by atoms with E-state index in [9.17, 15) is 15.3 Å². The molecular weight excluding hydrogens is 330 g/mol. The highest BCUT2D eigenvalue weighted by Gasteiger charge is 2.17. The molecule has 2 rings (SSSR count). The van der Waals surface area contributed by atoms with Gasteiger partial charge in [0.05, 0.1) is 12.8 Å². The first kappa shape index (κ1) is 17.4. The maximum Gasteiger partial charge on any atom is 0.200 e. The molecule has 0 aliphatic rings. The monoisotopic (exact) mass is 347 g/mol. The highest BCUT2D eigenvalue weighted by Crippen LogP contribution is 2.37. The third-order valence-corrected chi connectivity index (χ3v) is 3.46. The normalized spacial score (nSPS) is 11.2. The lowest BCUT2D eigenvalue weighted by Gasteiger charge is -2.20. The van der Waals surface area contributed by atoms with Crippen LogP contribution in [-0.2, 0) is 0 Å². The van der Waals surface area contributed by atoms with Crippen LogP contribution in [0.2, 0.25) is 0 Å². The number of rotatable bonds is 4. The van der Waals surface area contributed by atoms with Gasteiger partial charge in [-0.3, -0.25) is 0 Å². The minimum atomic E-state index is -0.624. The molecule has 0 spiro atoms. The number of thiocarbonyl (C=S) groups is 1. The lowest BCUT2D eigenvalue weighted by molar-refractivity contribution is 0.367. The summed E-state index contributed by atoms with van der Waals surface area (Å²) in [7, 11) is 1.51. The maximum atomic E-state index is 9.97. The molecule has 0 aliphatic carbocycles. The molecule has 0 saturated carbocycles. The molecule has 0 bridgehead atoms. The fourth-order valence-corrected chi connectivity index (χ4v) is 2.23. The van der Waals surface area contributed by atoms with E-state index in [-0.39, 0.29) is 10.7 Å². The molecule has 0 heterocycles. The van der Waals surface area contributed by atoms with E-state index in [1.54, 1.807) is 31.2 Å². The molecule has 0 fully saturated rings. The van der Waals surface area contributed by atoms with E-state index in [4.69, 9.17) is 22.7 Å². The zero-order valence-electron chi connectivity index (χ0n) is 13.1. The van der Waals surface area contributed by atoms with Crippen LogP contribution < -0.4 is 15.5 Å². The number of phenols is 3. The molecule has 8 heteroatoms. The summed E-state index contributed by atoms with van der Waals surface area (Å²) in [5, 5.41) is 34.6. The number of anilines is 1. The summed E-state index contributed by atoms with van der Waals surface area (Å²) < 4.78 is 5.27. The number of benzene rings is 2. The number of nitrogens with zero attached hydrogens (tertiary/aromatic N) is 2. The lowest BCUT2D eigenvalue weighted by atomic mass is 10.1. The van der Waals surface area contributed by atoms with Gasteiger partial charge < -0.3 is 25.8 Å². The van der Waals surface area contributed by atoms with Crippen LogP contribution in [0.4, 0.5) is 5.69 Å². The van der Waals surface area contributed by atoms with Gasteiger partial charge in [-0.1, -0.05) is 12.1 Å². The van der Waals surface area contributed by atoms with Gasteiger partial charge in [-0.2, -0.15) is 5.10 Å². The first-order valence-electron chi connectivity index (χ1n) is 6.88. The topological polar surface area (TPSA) is 112 Å². The van der Waals surface area contributed by atoms with E-state index in [1.165, 1.54) is 24.3 Å². The zero-order chi connectivity index (χ0) is 17.9. The average Bonchev–Trinajstić information content (AvgIpc) is 2.57. The van der Waals surface area contributed by atoms with Crippen molar-refractivity contribution in [1.29, 1.82) is 0 Å². The van der Waals surface area contributed by atoms with Crippen molar-refractivity contribution >= 4 is 28.7 Å². The van der Waals surface area contributed by atoms with Crippen LogP contribution in [0.1, 0.15) is 12.5 Å². The Morgan fingerprint density at radius 2 is 1.79 bits per heavy atom. The number of phenolic OH excluding ortho intramolecular Hbond substituents is 3.